The van der Waals surface area contributed by atoms with Gasteiger partial charge >= 0.3 is 0 Å². The van der Waals surface area contributed by atoms with Crippen molar-refractivity contribution in [2.75, 3.05) is 28.4 Å². The molecule has 0 fully saturated rings. The lowest BCUT2D eigenvalue weighted by Crippen LogP contribution is -2.07. The molecule has 0 atom stereocenters. The average Bonchev–Trinajstić information content (AvgIpc) is 2.68. The summed E-state index contributed by atoms with van der Waals surface area (Å²) in [6, 6.07) is 5.21. The van der Waals surface area contributed by atoms with Gasteiger partial charge in [-0.2, -0.15) is 0 Å². The summed E-state index contributed by atoms with van der Waals surface area (Å²) in [7, 11) is 6.16. The summed E-state index contributed by atoms with van der Waals surface area (Å²) >= 11 is 0. The summed E-state index contributed by atoms with van der Waals surface area (Å²) in [5, 5.41) is 20.7. The first-order chi connectivity index (χ1) is 12.6. The number of methoxy groups -OCH3 is 4. The highest BCUT2D eigenvalue weighted by Gasteiger charge is 2.26. The predicted octanol–water partition coefficient (Wildman–Crippen LogP) is 3.51. The maximum Gasteiger partial charge on any atom is 0.203 e. The molecule has 6 heteroatoms. The average molecular weight is 358 g/mol. The summed E-state index contributed by atoms with van der Waals surface area (Å²) in [4.78, 5) is 0. The molecule has 0 aliphatic heterocycles. The van der Waals surface area contributed by atoms with E-state index in [9.17, 15) is 10.2 Å². The van der Waals surface area contributed by atoms with Gasteiger partial charge in [0.1, 0.15) is 0 Å². The summed E-state index contributed by atoms with van der Waals surface area (Å²) in [6.45, 7) is 0. The van der Waals surface area contributed by atoms with Gasteiger partial charge in [-0.1, -0.05) is 6.08 Å². The fourth-order valence-corrected chi connectivity index (χ4v) is 3.37. The Labute approximate surface area is 152 Å². The summed E-state index contributed by atoms with van der Waals surface area (Å²) < 4.78 is 21.6. The molecule has 0 amide bonds. The van der Waals surface area contributed by atoms with Crippen LogP contribution in [0.4, 0.5) is 0 Å². The van der Waals surface area contributed by atoms with Crippen molar-refractivity contribution in [3.63, 3.8) is 0 Å². The lowest BCUT2D eigenvalue weighted by Gasteiger charge is -2.24. The molecule has 0 unspecified atom stereocenters. The molecule has 138 valence electrons. The van der Waals surface area contributed by atoms with E-state index in [-0.39, 0.29) is 17.2 Å². The van der Waals surface area contributed by atoms with Crippen LogP contribution in [0.1, 0.15) is 23.1 Å². The van der Waals surface area contributed by atoms with Gasteiger partial charge in [0, 0.05) is 11.1 Å². The third-order valence-corrected chi connectivity index (χ3v) is 4.59. The molecule has 0 aromatic heterocycles. The van der Waals surface area contributed by atoms with Crippen molar-refractivity contribution >= 4 is 5.57 Å². The van der Waals surface area contributed by atoms with Crippen molar-refractivity contribution < 1.29 is 29.2 Å². The first kappa shape index (κ1) is 17.8. The van der Waals surface area contributed by atoms with Crippen LogP contribution in [0.2, 0.25) is 0 Å². The molecule has 0 heterocycles. The second kappa shape index (κ2) is 7.07. The van der Waals surface area contributed by atoms with E-state index in [2.05, 4.69) is 0 Å². The van der Waals surface area contributed by atoms with Crippen molar-refractivity contribution in [3.05, 3.63) is 41.0 Å². The van der Waals surface area contributed by atoms with E-state index in [0.717, 1.165) is 29.5 Å². The van der Waals surface area contributed by atoms with Crippen molar-refractivity contribution in [2.24, 2.45) is 0 Å². The predicted molar refractivity (Wildman–Crippen MR) is 97.8 cm³/mol. The van der Waals surface area contributed by atoms with Crippen LogP contribution in [-0.4, -0.2) is 38.7 Å². The van der Waals surface area contributed by atoms with Crippen LogP contribution in [0, 0.1) is 0 Å². The van der Waals surface area contributed by atoms with Gasteiger partial charge in [-0.05, 0) is 42.2 Å². The molecule has 1 aliphatic carbocycles. The number of hydrogen-bond donors (Lipinski definition) is 2. The third-order valence-electron chi connectivity index (χ3n) is 4.59. The molecular weight excluding hydrogens is 336 g/mol. The van der Waals surface area contributed by atoms with Gasteiger partial charge in [0.2, 0.25) is 11.5 Å². The van der Waals surface area contributed by atoms with E-state index in [1.54, 1.807) is 33.5 Å². The van der Waals surface area contributed by atoms with Crippen LogP contribution in [0.3, 0.4) is 0 Å². The van der Waals surface area contributed by atoms with Crippen LogP contribution in [0.5, 0.6) is 34.5 Å². The summed E-state index contributed by atoms with van der Waals surface area (Å²) in [5.74, 6) is 1.39. The molecule has 0 spiro atoms. The first-order valence-corrected chi connectivity index (χ1v) is 8.19. The van der Waals surface area contributed by atoms with Gasteiger partial charge in [-0.15, -0.1) is 0 Å². The highest BCUT2D eigenvalue weighted by atomic mass is 16.5. The zero-order valence-corrected chi connectivity index (χ0v) is 15.3. The SMILES string of the molecule is COc1ccc(C2=CCCc3c2cc(OC)c(OC)c3OC)c(O)c1O. The van der Waals surface area contributed by atoms with Crippen LogP contribution in [0.15, 0.2) is 24.3 Å². The molecule has 2 aromatic carbocycles. The molecule has 2 aromatic rings. The Morgan fingerprint density at radius 2 is 1.46 bits per heavy atom. The number of aromatic hydroxyl groups is 2. The molecule has 6 nitrogen and oxygen atoms in total. The Morgan fingerprint density at radius 3 is 2.08 bits per heavy atom. The fraction of sp³-hybridized carbons (Fsp3) is 0.300. The highest BCUT2D eigenvalue weighted by Crippen LogP contribution is 2.49. The maximum absolute atomic E-state index is 10.5. The zero-order chi connectivity index (χ0) is 18.8. The van der Waals surface area contributed by atoms with Crippen LogP contribution in [0.25, 0.3) is 5.57 Å². The van der Waals surface area contributed by atoms with Gasteiger partial charge in [-0.25, -0.2) is 0 Å². The quantitative estimate of drug-likeness (QED) is 0.797. The molecule has 26 heavy (non-hydrogen) atoms. The molecule has 0 saturated heterocycles. The van der Waals surface area contributed by atoms with Crippen LogP contribution >= 0.6 is 0 Å². The van der Waals surface area contributed by atoms with Crippen molar-refractivity contribution in [1.82, 2.24) is 0 Å². The minimum atomic E-state index is -0.287. The van der Waals surface area contributed by atoms with Crippen molar-refractivity contribution in [1.29, 1.82) is 0 Å². The van der Waals surface area contributed by atoms with E-state index in [0.29, 0.717) is 22.8 Å². The topological polar surface area (TPSA) is 77.4 Å². The lowest BCUT2D eigenvalue weighted by atomic mass is 9.85. The Kier molecular flexibility index (Phi) is 4.84. The van der Waals surface area contributed by atoms with E-state index in [4.69, 9.17) is 18.9 Å². The fourth-order valence-electron chi connectivity index (χ4n) is 3.37. The van der Waals surface area contributed by atoms with E-state index < -0.39 is 0 Å². The van der Waals surface area contributed by atoms with Crippen molar-refractivity contribution in [3.8, 4) is 34.5 Å². The number of benzene rings is 2. The zero-order valence-electron chi connectivity index (χ0n) is 15.3. The van der Waals surface area contributed by atoms with Gasteiger partial charge < -0.3 is 29.2 Å². The second-order valence-corrected chi connectivity index (χ2v) is 5.84. The van der Waals surface area contributed by atoms with Crippen LogP contribution in [-0.2, 0) is 6.42 Å². The Morgan fingerprint density at radius 1 is 0.769 bits per heavy atom. The number of fused-ring (bicyclic) bond motifs is 1. The summed E-state index contributed by atoms with van der Waals surface area (Å²) in [5.41, 5.74) is 3.14. The van der Waals surface area contributed by atoms with Gasteiger partial charge in [0.25, 0.3) is 0 Å². The number of allylic oxidation sites excluding steroid dienone is 1. The van der Waals surface area contributed by atoms with E-state index in [1.165, 1.54) is 7.11 Å². The van der Waals surface area contributed by atoms with Gasteiger partial charge in [0.15, 0.2) is 23.0 Å². The maximum atomic E-state index is 10.5. The van der Waals surface area contributed by atoms with E-state index in [1.807, 2.05) is 12.1 Å². The van der Waals surface area contributed by atoms with Crippen LogP contribution < -0.4 is 18.9 Å². The second-order valence-electron chi connectivity index (χ2n) is 5.84. The molecular formula is C20H22O6. The lowest BCUT2D eigenvalue weighted by molar-refractivity contribution is 0.322. The molecule has 0 radical (unpaired) electrons. The number of hydrogen-bond acceptors (Lipinski definition) is 6. The molecule has 0 bridgehead atoms. The molecule has 1 aliphatic rings. The standard InChI is InChI=1S/C20H22O6/c1-23-15-9-8-12(17(21)18(15)22)11-6-5-7-13-14(11)10-16(24-2)20(26-4)19(13)25-3/h6,8-10,21-22H,5,7H2,1-4H3. The normalized spacial score (nSPS) is 12.8. The third kappa shape index (κ3) is 2.67. The largest absolute Gasteiger partial charge is 0.504 e. The summed E-state index contributed by atoms with van der Waals surface area (Å²) in [6.07, 6.45) is 3.56. The number of ether oxygens (including phenoxy) is 4. The Bertz CT molecular complexity index is 869. The minimum Gasteiger partial charge on any atom is -0.504 e. The van der Waals surface area contributed by atoms with Gasteiger partial charge in [0.05, 0.1) is 28.4 Å². The van der Waals surface area contributed by atoms with E-state index >= 15 is 0 Å². The number of phenolic OH excluding ortho intramolecular Hbond substituents is 2. The highest BCUT2D eigenvalue weighted by molar-refractivity contribution is 5.89. The Balaban J connectivity index is 2.24. The number of phenols is 2. The van der Waals surface area contributed by atoms with Gasteiger partial charge in [-0.3, -0.25) is 0 Å². The first-order valence-electron chi connectivity index (χ1n) is 8.19. The minimum absolute atomic E-state index is 0.216. The molecule has 2 N–H and O–H groups in total. The monoisotopic (exact) mass is 358 g/mol. The smallest absolute Gasteiger partial charge is 0.203 e. The molecule has 3 rings (SSSR count). The Hall–Kier alpha value is -3.02. The van der Waals surface area contributed by atoms with Crippen molar-refractivity contribution in [2.45, 2.75) is 12.8 Å². The number of rotatable bonds is 5. The molecule has 0 saturated carbocycles.